The number of carbonyl (C=O) groups excluding carboxylic acids is 1. The minimum Gasteiger partial charge on any atom is -0.468 e. The summed E-state index contributed by atoms with van der Waals surface area (Å²) in [6, 6.07) is 14.9. The average molecular weight is 402 g/mol. The molecule has 0 heterocycles. The molecule has 2 rings (SSSR count). The molecule has 0 radical (unpaired) electrons. The third-order valence-corrected chi connectivity index (χ3v) is 4.93. The van der Waals surface area contributed by atoms with E-state index >= 15 is 0 Å². The van der Waals surface area contributed by atoms with Crippen LogP contribution in [-0.4, -0.2) is 30.1 Å². The third-order valence-electron chi connectivity index (χ3n) is 4.93. The molecular formula is C22H27FN2O4. The fourth-order valence-electron chi connectivity index (χ4n) is 3.71. The van der Waals surface area contributed by atoms with Crippen molar-refractivity contribution >= 4 is 5.97 Å². The molecule has 0 fully saturated rings. The Morgan fingerprint density at radius 2 is 1.79 bits per heavy atom. The number of rotatable bonds is 10. The SMILES string of the molecule is COC(=O)[C@@](CC(C)C)(NCc1ccccc1)[C@@H](C[N+](=O)[O-])c1ccc(F)cc1. The molecular weight excluding hydrogens is 375 g/mol. The van der Waals surface area contributed by atoms with Crippen LogP contribution in [0.2, 0.25) is 0 Å². The van der Waals surface area contributed by atoms with Gasteiger partial charge < -0.3 is 4.74 Å². The van der Waals surface area contributed by atoms with Gasteiger partial charge in [0, 0.05) is 11.5 Å². The van der Waals surface area contributed by atoms with Crippen LogP contribution in [0.25, 0.3) is 0 Å². The van der Waals surface area contributed by atoms with Crippen LogP contribution in [0.5, 0.6) is 0 Å². The van der Waals surface area contributed by atoms with E-state index in [2.05, 4.69) is 5.32 Å². The van der Waals surface area contributed by atoms with Crippen LogP contribution in [0.15, 0.2) is 54.6 Å². The molecule has 0 aliphatic rings. The number of methoxy groups -OCH3 is 1. The standard InChI is InChI=1S/C22H27FN2O4/c1-16(2)13-22(21(26)29-3,24-14-17-7-5-4-6-8-17)20(15-25(27)28)18-9-11-19(23)12-10-18/h4-12,16,20,24H,13-15H2,1-3H3/t20-,22-/m0/s1. The monoisotopic (exact) mass is 402 g/mol. The number of hydrogen-bond donors (Lipinski definition) is 1. The zero-order valence-corrected chi connectivity index (χ0v) is 16.9. The second-order valence-electron chi connectivity index (χ2n) is 7.52. The number of nitrogens with one attached hydrogen (secondary N) is 1. The van der Waals surface area contributed by atoms with Gasteiger partial charge in [0.1, 0.15) is 11.4 Å². The molecule has 0 spiro atoms. The summed E-state index contributed by atoms with van der Waals surface area (Å²) in [6.07, 6.45) is 0.322. The first-order valence-corrected chi connectivity index (χ1v) is 9.53. The summed E-state index contributed by atoms with van der Waals surface area (Å²) in [5.74, 6) is -1.81. The van der Waals surface area contributed by atoms with E-state index in [1.807, 2.05) is 44.2 Å². The van der Waals surface area contributed by atoms with E-state index < -0.39 is 34.7 Å². The molecule has 6 nitrogen and oxygen atoms in total. The van der Waals surface area contributed by atoms with Crippen LogP contribution in [0.4, 0.5) is 4.39 Å². The molecule has 0 bridgehead atoms. The number of carbonyl (C=O) groups is 1. The topological polar surface area (TPSA) is 81.5 Å². The average Bonchev–Trinajstić information content (AvgIpc) is 2.70. The van der Waals surface area contributed by atoms with Crippen molar-refractivity contribution in [1.29, 1.82) is 0 Å². The van der Waals surface area contributed by atoms with Crippen molar-refractivity contribution in [3.63, 3.8) is 0 Å². The summed E-state index contributed by atoms with van der Waals surface area (Å²) in [7, 11) is 1.27. The lowest BCUT2D eigenvalue weighted by Gasteiger charge is -2.39. The normalized spacial score (nSPS) is 14.2. The predicted octanol–water partition coefficient (Wildman–Crippen LogP) is 3.93. The Morgan fingerprint density at radius 1 is 1.17 bits per heavy atom. The lowest BCUT2D eigenvalue weighted by molar-refractivity contribution is -0.485. The second-order valence-corrected chi connectivity index (χ2v) is 7.52. The molecule has 0 unspecified atom stereocenters. The van der Waals surface area contributed by atoms with Crippen LogP contribution < -0.4 is 5.32 Å². The highest BCUT2D eigenvalue weighted by molar-refractivity contribution is 5.82. The highest BCUT2D eigenvalue weighted by atomic mass is 19.1. The molecule has 0 amide bonds. The number of esters is 1. The summed E-state index contributed by atoms with van der Waals surface area (Å²) in [5, 5.41) is 14.8. The quantitative estimate of drug-likeness (QED) is 0.370. The first kappa shape index (κ1) is 22.5. The Kier molecular flexibility index (Phi) is 7.84. The molecule has 0 aliphatic heterocycles. The van der Waals surface area contributed by atoms with Gasteiger partial charge in [-0.25, -0.2) is 4.39 Å². The predicted molar refractivity (Wildman–Crippen MR) is 108 cm³/mol. The van der Waals surface area contributed by atoms with Crippen molar-refractivity contribution in [1.82, 2.24) is 5.32 Å². The van der Waals surface area contributed by atoms with E-state index in [1.54, 1.807) is 0 Å². The Hall–Kier alpha value is -2.80. The maximum Gasteiger partial charge on any atom is 0.326 e. The Labute approximate surface area is 170 Å². The summed E-state index contributed by atoms with van der Waals surface area (Å²) >= 11 is 0. The lowest BCUT2D eigenvalue weighted by Crippen LogP contribution is -2.58. The van der Waals surface area contributed by atoms with Gasteiger partial charge >= 0.3 is 5.97 Å². The minimum absolute atomic E-state index is 0.0482. The molecule has 0 saturated carbocycles. The van der Waals surface area contributed by atoms with Crippen LogP contribution >= 0.6 is 0 Å². The molecule has 29 heavy (non-hydrogen) atoms. The van der Waals surface area contributed by atoms with Gasteiger partial charge in [-0.2, -0.15) is 0 Å². The van der Waals surface area contributed by atoms with Gasteiger partial charge in [-0.05, 0) is 35.6 Å². The molecule has 2 aromatic rings. The van der Waals surface area contributed by atoms with E-state index in [-0.39, 0.29) is 5.92 Å². The fraction of sp³-hybridized carbons (Fsp3) is 0.409. The maximum absolute atomic E-state index is 13.5. The number of ether oxygens (including phenoxy) is 1. The zero-order chi connectivity index (χ0) is 21.4. The summed E-state index contributed by atoms with van der Waals surface area (Å²) in [5.41, 5.74) is 0.0992. The number of nitrogens with zero attached hydrogens (tertiary/aromatic N) is 1. The molecule has 1 N–H and O–H groups in total. The summed E-state index contributed by atoms with van der Waals surface area (Å²) in [6.45, 7) is 3.72. The van der Waals surface area contributed by atoms with E-state index in [0.29, 0.717) is 18.5 Å². The van der Waals surface area contributed by atoms with E-state index in [0.717, 1.165) is 5.56 Å². The number of benzene rings is 2. The molecule has 0 aliphatic carbocycles. The van der Waals surface area contributed by atoms with Crippen LogP contribution in [0, 0.1) is 21.8 Å². The van der Waals surface area contributed by atoms with Crippen molar-refractivity contribution in [3.05, 3.63) is 81.7 Å². The molecule has 2 aromatic carbocycles. The van der Waals surface area contributed by atoms with E-state index in [1.165, 1.54) is 31.4 Å². The second kappa shape index (κ2) is 10.1. The van der Waals surface area contributed by atoms with Gasteiger partial charge in [-0.3, -0.25) is 20.2 Å². The number of hydrogen-bond acceptors (Lipinski definition) is 5. The summed E-state index contributed by atoms with van der Waals surface area (Å²) < 4.78 is 18.6. The minimum atomic E-state index is -1.34. The number of halogens is 1. The smallest absolute Gasteiger partial charge is 0.326 e. The first-order valence-electron chi connectivity index (χ1n) is 9.53. The Morgan fingerprint density at radius 3 is 2.31 bits per heavy atom. The summed E-state index contributed by atoms with van der Waals surface area (Å²) in [4.78, 5) is 24.1. The molecule has 156 valence electrons. The van der Waals surface area contributed by atoms with Crippen molar-refractivity contribution < 1.29 is 18.8 Å². The molecule has 7 heteroatoms. The molecule has 2 atom stereocenters. The van der Waals surface area contributed by atoms with E-state index in [9.17, 15) is 19.3 Å². The van der Waals surface area contributed by atoms with Crippen molar-refractivity contribution in [2.45, 2.75) is 38.3 Å². The molecule has 0 aromatic heterocycles. The van der Waals surface area contributed by atoms with Gasteiger partial charge in [0.2, 0.25) is 6.54 Å². The van der Waals surface area contributed by atoms with Crippen LogP contribution in [0.1, 0.15) is 37.3 Å². The maximum atomic E-state index is 13.5. The lowest BCUT2D eigenvalue weighted by atomic mass is 9.73. The van der Waals surface area contributed by atoms with Crippen molar-refractivity contribution in [3.8, 4) is 0 Å². The van der Waals surface area contributed by atoms with Gasteiger partial charge in [0.15, 0.2) is 0 Å². The van der Waals surface area contributed by atoms with Gasteiger partial charge in [-0.15, -0.1) is 0 Å². The highest BCUT2D eigenvalue weighted by Crippen LogP contribution is 2.36. The largest absolute Gasteiger partial charge is 0.468 e. The van der Waals surface area contributed by atoms with Gasteiger partial charge in [0.25, 0.3) is 0 Å². The Bertz CT molecular complexity index is 811. The number of nitro groups is 1. The van der Waals surface area contributed by atoms with E-state index in [4.69, 9.17) is 4.74 Å². The zero-order valence-electron chi connectivity index (χ0n) is 16.9. The van der Waals surface area contributed by atoms with Crippen LogP contribution in [-0.2, 0) is 16.1 Å². The third kappa shape index (κ3) is 5.84. The van der Waals surface area contributed by atoms with Crippen molar-refractivity contribution in [2.75, 3.05) is 13.7 Å². The van der Waals surface area contributed by atoms with Crippen molar-refractivity contribution in [2.24, 2.45) is 5.92 Å². The van der Waals surface area contributed by atoms with Gasteiger partial charge in [-0.1, -0.05) is 56.3 Å². The van der Waals surface area contributed by atoms with Crippen LogP contribution in [0.3, 0.4) is 0 Å². The first-order chi connectivity index (χ1) is 13.8. The molecule has 0 saturated heterocycles. The van der Waals surface area contributed by atoms with Gasteiger partial charge in [0.05, 0.1) is 13.0 Å². The Balaban J connectivity index is 2.55. The highest BCUT2D eigenvalue weighted by Gasteiger charge is 2.49. The fourth-order valence-corrected chi connectivity index (χ4v) is 3.71.